The number of aliphatic carboxylic acids is 1. The van der Waals surface area contributed by atoms with Crippen LogP contribution in [0.1, 0.15) is 37.7 Å². The van der Waals surface area contributed by atoms with Gasteiger partial charge in [-0.1, -0.05) is 41.9 Å². The number of aromatic amines is 1. The molecular weight excluding hydrogens is 430 g/mol. The highest BCUT2D eigenvalue weighted by molar-refractivity contribution is 6.33. The number of pyridine rings is 1. The van der Waals surface area contributed by atoms with Crippen LogP contribution >= 0.6 is 11.6 Å². The number of carboxylic acids is 1. The van der Waals surface area contributed by atoms with E-state index in [2.05, 4.69) is 33.2 Å². The maximum absolute atomic E-state index is 11.1. The van der Waals surface area contributed by atoms with Crippen molar-refractivity contribution in [3.63, 3.8) is 0 Å². The number of hydrogen-bond acceptors (Lipinski definition) is 5. The van der Waals surface area contributed by atoms with Gasteiger partial charge in [0.25, 0.3) is 6.01 Å². The van der Waals surface area contributed by atoms with Crippen molar-refractivity contribution in [3.05, 3.63) is 47.0 Å². The number of aromatic nitrogens is 3. The van der Waals surface area contributed by atoms with E-state index in [1.165, 1.54) is 11.1 Å². The molecule has 0 saturated heterocycles. The van der Waals surface area contributed by atoms with Crippen molar-refractivity contribution in [2.24, 2.45) is 5.92 Å². The van der Waals surface area contributed by atoms with Crippen LogP contribution < -0.4 is 4.74 Å². The zero-order valence-corrected chi connectivity index (χ0v) is 18.3. The molecule has 0 spiro atoms. The summed E-state index contributed by atoms with van der Waals surface area (Å²) in [6.45, 7) is 1.41. The van der Waals surface area contributed by atoms with Gasteiger partial charge in [-0.2, -0.15) is 4.98 Å². The van der Waals surface area contributed by atoms with Gasteiger partial charge in [0.15, 0.2) is 5.65 Å². The molecule has 2 aromatic heterocycles. The first kappa shape index (κ1) is 21.0. The molecule has 3 heterocycles. The zero-order valence-electron chi connectivity index (χ0n) is 17.5. The van der Waals surface area contributed by atoms with Crippen molar-refractivity contribution < 1.29 is 19.4 Å². The Morgan fingerprint density at radius 1 is 1.12 bits per heavy atom. The minimum Gasteiger partial charge on any atom is -0.481 e. The van der Waals surface area contributed by atoms with Gasteiger partial charge in [-0.25, -0.2) is 4.98 Å². The summed E-state index contributed by atoms with van der Waals surface area (Å²) in [5.74, 6) is -1.00. The molecule has 3 aromatic rings. The van der Waals surface area contributed by atoms with E-state index in [9.17, 15) is 4.79 Å². The van der Waals surface area contributed by atoms with Crippen LogP contribution in [0.15, 0.2) is 36.4 Å². The van der Waals surface area contributed by atoms with E-state index in [0.717, 1.165) is 18.6 Å². The Hall–Kier alpha value is -2.90. The number of nitrogens with zero attached hydrogens (tertiary/aromatic N) is 2. The third-order valence-electron chi connectivity index (χ3n) is 6.20. The predicted octanol–water partition coefficient (Wildman–Crippen LogP) is 5.10. The molecule has 2 N–H and O–H groups in total. The van der Waals surface area contributed by atoms with E-state index < -0.39 is 5.97 Å². The van der Waals surface area contributed by atoms with Crippen LogP contribution in [0.3, 0.4) is 0 Å². The van der Waals surface area contributed by atoms with Crippen LogP contribution in [0.4, 0.5) is 0 Å². The largest absolute Gasteiger partial charge is 0.481 e. The first-order valence-electron chi connectivity index (χ1n) is 10.9. The number of fused-ring (bicyclic) bond motifs is 1. The molecule has 0 amide bonds. The number of carbonyl (C=O) groups is 1. The number of H-pyrrole nitrogens is 1. The molecule has 166 valence electrons. The summed E-state index contributed by atoms with van der Waals surface area (Å²) in [5.41, 5.74) is 5.32. The lowest BCUT2D eigenvalue weighted by atomic mass is 9.87. The summed E-state index contributed by atoms with van der Waals surface area (Å²) in [6.07, 6.45) is 5.62. The summed E-state index contributed by atoms with van der Waals surface area (Å²) in [7, 11) is 0. The van der Waals surface area contributed by atoms with Crippen molar-refractivity contribution in [3.8, 4) is 17.3 Å². The van der Waals surface area contributed by atoms with Gasteiger partial charge in [0.2, 0.25) is 0 Å². The second-order valence-electron chi connectivity index (χ2n) is 8.29. The maximum atomic E-state index is 11.1. The second-order valence-corrected chi connectivity index (χ2v) is 8.70. The minimum atomic E-state index is -0.726. The summed E-state index contributed by atoms with van der Waals surface area (Å²) in [5, 5.41) is 9.68. The average molecular weight is 454 g/mol. The Bertz CT molecular complexity index is 1160. The van der Waals surface area contributed by atoms with E-state index in [-0.39, 0.29) is 12.0 Å². The van der Waals surface area contributed by atoms with Crippen LogP contribution in [0, 0.1) is 5.92 Å². The third kappa shape index (κ3) is 4.36. The van der Waals surface area contributed by atoms with Crippen LogP contribution in [0.5, 0.6) is 6.01 Å². The molecule has 32 heavy (non-hydrogen) atoms. The topological polar surface area (TPSA) is 97.3 Å². The minimum absolute atomic E-state index is 0.0480. The van der Waals surface area contributed by atoms with Crippen molar-refractivity contribution >= 4 is 34.3 Å². The first-order chi connectivity index (χ1) is 15.6. The number of hydrogen-bond donors (Lipinski definition) is 2. The summed E-state index contributed by atoms with van der Waals surface area (Å²) < 4.78 is 11.4. The van der Waals surface area contributed by atoms with Crippen molar-refractivity contribution in [1.82, 2.24) is 15.0 Å². The molecule has 1 aliphatic heterocycles. The zero-order chi connectivity index (χ0) is 22.1. The smallest absolute Gasteiger partial charge is 0.306 e. The molecule has 7 nitrogen and oxygen atoms in total. The average Bonchev–Trinajstić information content (AvgIpc) is 3.20. The number of carboxylic acid groups (broad SMARTS) is 1. The molecule has 0 bridgehead atoms. The van der Waals surface area contributed by atoms with Gasteiger partial charge >= 0.3 is 5.97 Å². The summed E-state index contributed by atoms with van der Waals surface area (Å²) in [4.78, 5) is 23.4. The van der Waals surface area contributed by atoms with Gasteiger partial charge < -0.3 is 19.6 Å². The second kappa shape index (κ2) is 8.92. The van der Waals surface area contributed by atoms with E-state index in [1.807, 2.05) is 18.2 Å². The van der Waals surface area contributed by atoms with Crippen LogP contribution in [-0.2, 0) is 9.53 Å². The fourth-order valence-corrected chi connectivity index (χ4v) is 4.63. The van der Waals surface area contributed by atoms with Crippen LogP contribution in [0.25, 0.3) is 28.0 Å². The monoisotopic (exact) mass is 453 g/mol. The molecule has 0 radical (unpaired) electrons. The van der Waals surface area contributed by atoms with E-state index in [4.69, 9.17) is 26.2 Å². The van der Waals surface area contributed by atoms with E-state index >= 15 is 0 Å². The van der Waals surface area contributed by atoms with Gasteiger partial charge in [0.1, 0.15) is 6.10 Å². The third-order valence-corrected chi connectivity index (χ3v) is 6.49. The van der Waals surface area contributed by atoms with Crippen LogP contribution in [0.2, 0.25) is 5.02 Å². The van der Waals surface area contributed by atoms with Gasteiger partial charge in [-0.3, -0.25) is 4.79 Å². The predicted molar refractivity (Wildman–Crippen MR) is 122 cm³/mol. The lowest BCUT2D eigenvalue weighted by Gasteiger charge is -2.25. The molecule has 0 unspecified atom stereocenters. The molecule has 1 fully saturated rings. The highest BCUT2D eigenvalue weighted by Crippen LogP contribution is 2.32. The number of benzene rings is 1. The normalized spacial score (nSPS) is 21.3. The highest BCUT2D eigenvalue weighted by Gasteiger charge is 2.27. The van der Waals surface area contributed by atoms with E-state index in [1.54, 1.807) is 0 Å². The summed E-state index contributed by atoms with van der Waals surface area (Å²) >= 11 is 6.54. The van der Waals surface area contributed by atoms with Crippen molar-refractivity contribution in [2.75, 3.05) is 13.2 Å². The lowest BCUT2D eigenvalue weighted by molar-refractivity contribution is -0.143. The Balaban J connectivity index is 1.33. The molecule has 2 aliphatic rings. The van der Waals surface area contributed by atoms with Gasteiger partial charge in [0.05, 0.1) is 35.4 Å². The fourth-order valence-electron chi connectivity index (χ4n) is 4.37. The molecule has 8 heteroatoms. The first-order valence-corrected chi connectivity index (χ1v) is 11.3. The lowest BCUT2D eigenvalue weighted by Crippen LogP contribution is -2.28. The van der Waals surface area contributed by atoms with Crippen molar-refractivity contribution in [2.45, 2.75) is 38.2 Å². The SMILES string of the molecule is O=C(O)[C@H]1CC[C@H](Oc2nc3nc(-c4ccc(C5=CCOCC5)cc4)c(Cl)cc3[nH]2)CC1. The Morgan fingerprint density at radius 3 is 2.56 bits per heavy atom. The van der Waals surface area contributed by atoms with Crippen LogP contribution in [-0.4, -0.2) is 45.3 Å². The molecule has 0 atom stereocenters. The quantitative estimate of drug-likeness (QED) is 0.557. The Kier molecular flexibility index (Phi) is 5.85. The van der Waals surface area contributed by atoms with Gasteiger partial charge in [-0.15, -0.1) is 0 Å². The number of rotatable bonds is 5. The maximum Gasteiger partial charge on any atom is 0.306 e. The molecular formula is C24H24ClN3O4. The standard InChI is InChI=1S/C24H24ClN3O4/c25-19-13-20-22(28-24(26-20)32-18-7-5-17(6-8-18)23(29)30)27-21(19)16-3-1-14(2-4-16)15-9-11-31-12-10-15/h1-4,9,13,17-18H,5-8,10-12H2,(H,29,30)(H,26,27,28)/t17-,18-. The van der Waals surface area contributed by atoms with E-state index in [0.29, 0.717) is 60.2 Å². The number of ether oxygens (including phenoxy) is 2. The molecule has 1 aliphatic carbocycles. The summed E-state index contributed by atoms with van der Waals surface area (Å²) in [6, 6.07) is 10.4. The molecule has 1 saturated carbocycles. The number of imidazole rings is 1. The van der Waals surface area contributed by atoms with Crippen molar-refractivity contribution in [1.29, 1.82) is 0 Å². The molecule has 1 aromatic carbocycles. The molecule has 5 rings (SSSR count). The number of nitrogens with one attached hydrogen (secondary N) is 1. The highest BCUT2D eigenvalue weighted by atomic mass is 35.5. The van der Waals surface area contributed by atoms with Gasteiger partial charge in [-0.05, 0) is 49.3 Å². The number of halogens is 1. The Morgan fingerprint density at radius 2 is 1.88 bits per heavy atom. The fraction of sp³-hybridized carbons (Fsp3) is 0.375. The Labute approximate surface area is 190 Å². The van der Waals surface area contributed by atoms with Gasteiger partial charge in [0, 0.05) is 5.56 Å².